The van der Waals surface area contributed by atoms with Gasteiger partial charge in [-0.15, -0.1) is 0 Å². The third-order valence-electron chi connectivity index (χ3n) is 16.8. The highest BCUT2D eigenvalue weighted by molar-refractivity contribution is 5.91. The highest BCUT2D eigenvalue weighted by Gasteiger charge is 2.20. The molecule has 0 saturated carbocycles. The second-order valence-corrected chi connectivity index (χ2v) is 24.6. The predicted octanol–water partition coefficient (Wildman–Crippen LogP) is 16.8. The van der Waals surface area contributed by atoms with E-state index < -0.39 is 0 Å². The molecule has 0 radical (unpaired) electrons. The second kappa shape index (κ2) is 25.2. The van der Waals surface area contributed by atoms with E-state index in [1.807, 2.05) is 44.1 Å². The molecule has 9 nitrogen and oxygen atoms in total. The van der Waals surface area contributed by atoms with Crippen LogP contribution in [0.25, 0.3) is 99.5 Å². The van der Waals surface area contributed by atoms with Crippen molar-refractivity contribution in [2.24, 2.45) is 27.1 Å². The van der Waals surface area contributed by atoms with Gasteiger partial charge >= 0.3 is 0 Å². The minimum atomic E-state index is 0.340. The maximum atomic E-state index is 4.56. The van der Waals surface area contributed by atoms with Crippen LogP contribution in [0.5, 0.6) is 0 Å². The van der Waals surface area contributed by atoms with E-state index in [-0.39, 0.29) is 0 Å². The van der Waals surface area contributed by atoms with Crippen molar-refractivity contribution in [3.63, 3.8) is 0 Å². The Hall–Kier alpha value is -9.21. The lowest BCUT2D eigenvalue weighted by molar-refractivity contribution is -0.659. The van der Waals surface area contributed by atoms with Crippen molar-refractivity contribution >= 4 is 32.3 Å². The Labute approximate surface area is 509 Å². The molecule has 0 amide bonds. The molecule has 6 aromatic carbocycles. The van der Waals surface area contributed by atoms with Crippen LogP contribution in [-0.4, -0.2) is 29.9 Å². The van der Waals surface area contributed by atoms with Crippen LogP contribution in [0.1, 0.15) is 101 Å². The van der Waals surface area contributed by atoms with Gasteiger partial charge in [-0.1, -0.05) is 99.0 Å². The standard InChI is InChI=1S/C27H30N3.C26H28N3.C24H24N3/c1-17(2)9-27-28-14-24(15-29-27)21-7-8-22-13-26(30(6)16-23(22)12-21)25-11-18(3)10-19(4)20(25)5;1-16(2)26-27-13-23(14-28-26)20-7-8-21-12-25(29(6)15-22(21)11-20)24-10-17(3)9-18(4)19(24)5;1-15-8-16(2)17(3)23(9-15)24-11-20-7-6-19(10-21(20)14-27(24)5)22-12-25-18(4)26-13-22/h7-8,10-17H,9H2,1-6H3;7-16H,1-6H3;6-14H,1-5H3/q3*+1. The van der Waals surface area contributed by atoms with Gasteiger partial charge in [-0.2, -0.15) is 0 Å². The Bertz CT molecular complexity index is 4500. The fourth-order valence-corrected chi connectivity index (χ4v) is 11.6. The fourth-order valence-electron chi connectivity index (χ4n) is 11.6. The predicted molar refractivity (Wildman–Crippen MR) is 355 cm³/mol. The van der Waals surface area contributed by atoms with Crippen LogP contribution in [0.2, 0.25) is 0 Å². The van der Waals surface area contributed by atoms with Gasteiger partial charge in [-0.25, -0.2) is 43.6 Å². The molecule has 0 bridgehead atoms. The van der Waals surface area contributed by atoms with Crippen molar-refractivity contribution in [1.82, 2.24) is 29.9 Å². The summed E-state index contributed by atoms with van der Waals surface area (Å²) in [5.74, 6) is 3.49. The molecule has 86 heavy (non-hydrogen) atoms. The Kier molecular flexibility index (Phi) is 17.5. The summed E-state index contributed by atoms with van der Waals surface area (Å²) < 4.78 is 6.68. The zero-order valence-corrected chi connectivity index (χ0v) is 53.5. The summed E-state index contributed by atoms with van der Waals surface area (Å²) in [6.07, 6.45) is 19.1. The quantitative estimate of drug-likeness (QED) is 0.134. The smallest absolute Gasteiger partial charge is 0.213 e. The summed E-state index contributed by atoms with van der Waals surface area (Å²) in [6, 6.07) is 40.2. The fraction of sp³-hybridized carbons (Fsp3) is 0.260. The van der Waals surface area contributed by atoms with E-state index in [1.165, 1.54) is 116 Å². The van der Waals surface area contributed by atoms with Crippen molar-refractivity contribution in [3.8, 4) is 67.2 Å². The molecule has 9 heteroatoms. The lowest BCUT2D eigenvalue weighted by atomic mass is 9.96. The number of fused-ring (bicyclic) bond motifs is 3. The highest BCUT2D eigenvalue weighted by atomic mass is 14.9. The Balaban J connectivity index is 0.000000143. The number of aromatic nitrogens is 9. The number of benzene rings is 6. The summed E-state index contributed by atoms with van der Waals surface area (Å²) in [6.45, 7) is 30.2. The van der Waals surface area contributed by atoms with E-state index in [1.54, 1.807) is 0 Å². The molecular weight excluding hydrogens is 1050 g/mol. The van der Waals surface area contributed by atoms with Crippen LogP contribution >= 0.6 is 0 Å². The van der Waals surface area contributed by atoms with Crippen molar-refractivity contribution in [2.75, 3.05) is 0 Å². The Morgan fingerprint density at radius 2 is 0.651 bits per heavy atom. The van der Waals surface area contributed by atoms with Gasteiger partial charge in [0.2, 0.25) is 17.1 Å². The van der Waals surface area contributed by atoms with Crippen LogP contribution in [0, 0.1) is 75.2 Å². The third kappa shape index (κ3) is 13.2. The van der Waals surface area contributed by atoms with Gasteiger partial charge in [-0.3, -0.25) is 0 Å². The van der Waals surface area contributed by atoms with Crippen LogP contribution in [0.15, 0.2) is 165 Å². The molecule has 12 aromatic rings. The van der Waals surface area contributed by atoms with Gasteiger partial charge in [0.1, 0.15) is 38.6 Å². The van der Waals surface area contributed by atoms with Crippen molar-refractivity contribution < 1.29 is 13.7 Å². The van der Waals surface area contributed by atoms with Crippen LogP contribution in [0.3, 0.4) is 0 Å². The first-order chi connectivity index (χ1) is 41.1. The van der Waals surface area contributed by atoms with E-state index in [0.29, 0.717) is 11.8 Å². The number of hydrogen-bond donors (Lipinski definition) is 0. The summed E-state index contributed by atoms with van der Waals surface area (Å²) in [7, 11) is 6.37. The zero-order valence-electron chi connectivity index (χ0n) is 53.5. The molecule has 0 aliphatic rings. The monoisotopic (exact) mass is 1130 g/mol. The Morgan fingerprint density at radius 3 is 0.965 bits per heavy atom. The highest BCUT2D eigenvalue weighted by Crippen LogP contribution is 2.33. The first-order valence-electron chi connectivity index (χ1n) is 30.0. The molecule has 6 aromatic heterocycles. The average molecular weight is 1130 g/mol. The van der Waals surface area contributed by atoms with Gasteiger partial charge in [0, 0.05) is 117 Å². The molecule has 0 unspecified atom stereocenters. The molecule has 0 N–H and O–H groups in total. The molecule has 12 rings (SSSR count). The summed E-state index contributed by atoms with van der Waals surface area (Å²) in [5.41, 5.74) is 26.1. The Morgan fingerprint density at radius 1 is 0.337 bits per heavy atom. The van der Waals surface area contributed by atoms with Crippen LogP contribution in [0.4, 0.5) is 0 Å². The maximum absolute atomic E-state index is 4.56. The molecule has 0 saturated heterocycles. The molecule has 0 atom stereocenters. The van der Waals surface area contributed by atoms with Gasteiger partial charge in [0.05, 0.1) is 0 Å². The van der Waals surface area contributed by atoms with E-state index in [4.69, 9.17) is 0 Å². The largest absolute Gasteiger partial charge is 0.241 e. The maximum Gasteiger partial charge on any atom is 0.213 e. The van der Waals surface area contributed by atoms with Gasteiger partial charge in [0.25, 0.3) is 0 Å². The van der Waals surface area contributed by atoms with E-state index in [9.17, 15) is 0 Å². The number of rotatable bonds is 9. The van der Waals surface area contributed by atoms with Crippen LogP contribution < -0.4 is 13.7 Å². The summed E-state index contributed by atoms with van der Waals surface area (Å²) in [5, 5.41) is 7.35. The van der Waals surface area contributed by atoms with Gasteiger partial charge < -0.3 is 0 Å². The van der Waals surface area contributed by atoms with Crippen LogP contribution in [-0.2, 0) is 27.6 Å². The zero-order chi connectivity index (χ0) is 61.2. The molecular formula is C77H82N9+3. The first-order valence-corrected chi connectivity index (χ1v) is 30.0. The minimum absolute atomic E-state index is 0.340. The molecule has 432 valence electrons. The van der Waals surface area contributed by atoms with Crippen molar-refractivity contribution in [1.29, 1.82) is 0 Å². The average Bonchev–Trinajstić information content (AvgIpc) is 1.13. The lowest BCUT2D eigenvalue weighted by Gasteiger charge is -2.11. The van der Waals surface area contributed by atoms with Gasteiger partial charge in [0.15, 0.2) is 18.6 Å². The number of pyridine rings is 3. The SMILES string of the molecule is Cc1cc(C)c(C)c(-c2cc3ccc(-c4cnc(C(C)C)nc4)cc3c[n+]2C)c1.Cc1cc(C)c(C)c(-c2cc3ccc(-c4cnc(C)nc4)cc3c[n+]2C)c1.Cc1cc(C)c(C)c(-c2cc3ccc(-c4cnc(CC(C)C)nc4)cc3c[n+]2C)c1. The van der Waals surface area contributed by atoms with Crippen molar-refractivity contribution in [3.05, 3.63) is 233 Å². The van der Waals surface area contributed by atoms with E-state index in [2.05, 4.69) is 283 Å². The summed E-state index contributed by atoms with van der Waals surface area (Å²) in [4.78, 5) is 26.8. The molecule has 0 aliphatic carbocycles. The molecule has 0 fully saturated rings. The van der Waals surface area contributed by atoms with E-state index >= 15 is 0 Å². The lowest BCUT2D eigenvalue weighted by Crippen LogP contribution is -2.30. The molecule has 0 aliphatic heterocycles. The van der Waals surface area contributed by atoms with Crippen molar-refractivity contribution in [2.45, 2.75) is 109 Å². The number of nitrogens with zero attached hydrogens (tertiary/aromatic N) is 9. The summed E-state index contributed by atoms with van der Waals surface area (Å²) >= 11 is 0. The molecule has 0 spiro atoms. The first kappa shape index (κ1) is 59.9. The number of aryl methyl sites for hydroxylation is 10. The molecule has 6 heterocycles. The normalized spacial score (nSPS) is 11.3. The van der Waals surface area contributed by atoms with Gasteiger partial charge in [-0.05, 0) is 178 Å². The topological polar surface area (TPSA) is 89.0 Å². The second-order valence-electron chi connectivity index (χ2n) is 24.6. The number of hydrogen-bond acceptors (Lipinski definition) is 6. The minimum Gasteiger partial charge on any atom is -0.241 e. The van der Waals surface area contributed by atoms with E-state index in [0.717, 1.165) is 57.3 Å². The third-order valence-corrected chi connectivity index (χ3v) is 16.8.